The van der Waals surface area contributed by atoms with E-state index < -0.39 is 0 Å². The maximum absolute atomic E-state index is 12.3. The first-order valence-electron chi connectivity index (χ1n) is 8.54. The molecular weight excluding hydrogens is 314 g/mol. The lowest BCUT2D eigenvalue weighted by Gasteiger charge is -2.13. The van der Waals surface area contributed by atoms with Crippen molar-refractivity contribution in [2.24, 2.45) is 0 Å². The molecule has 2 N–H and O–H groups in total. The molecule has 0 bridgehead atoms. The van der Waals surface area contributed by atoms with Crippen molar-refractivity contribution in [1.82, 2.24) is 15.5 Å². The molecule has 25 heavy (non-hydrogen) atoms. The third-order valence-electron chi connectivity index (χ3n) is 4.18. The first-order valence-corrected chi connectivity index (χ1v) is 8.54. The number of aryl methyl sites for hydroxylation is 1. The van der Waals surface area contributed by atoms with Crippen LogP contribution in [0.3, 0.4) is 0 Å². The van der Waals surface area contributed by atoms with Crippen molar-refractivity contribution in [3.8, 4) is 0 Å². The summed E-state index contributed by atoms with van der Waals surface area (Å²) in [5.74, 6) is -0.159. The summed E-state index contributed by atoms with van der Waals surface area (Å²) in [6.07, 6.45) is 0.805. The summed E-state index contributed by atoms with van der Waals surface area (Å²) in [6, 6.07) is 16.0. The molecule has 3 rings (SSSR count). The zero-order chi connectivity index (χ0) is 17.6. The Morgan fingerprint density at radius 1 is 1.24 bits per heavy atom. The molecule has 1 heterocycles. The third kappa shape index (κ3) is 4.25. The van der Waals surface area contributed by atoms with Crippen LogP contribution in [-0.2, 0) is 4.74 Å². The predicted molar refractivity (Wildman–Crippen MR) is 98.6 cm³/mol. The Balaban J connectivity index is 1.46. The van der Waals surface area contributed by atoms with Gasteiger partial charge in [0.05, 0.1) is 11.6 Å². The highest BCUT2D eigenvalue weighted by Crippen LogP contribution is 2.18. The molecular formula is C20H23N3O2. The smallest absolute Gasteiger partial charge is 0.272 e. The van der Waals surface area contributed by atoms with Crippen LogP contribution in [0.1, 0.15) is 41.1 Å². The molecule has 0 saturated carbocycles. The predicted octanol–water partition coefficient (Wildman–Crippen LogP) is 3.77. The van der Waals surface area contributed by atoms with Crippen LogP contribution in [0, 0.1) is 6.92 Å². The Morgan fingerprint density at radius 3 is 2.84 bits per heavy atom. The molecule has 0 radical (unpaired) electrons. The summed E-state index contributed by atoms with van der Waals surface area (Å²) >= 11 is 0. The Kier molecular flexibility index (Phi) is 5.46. The van der Waals surface area contributed by atoms with E-state index in [1.54, 1.807) is 0 Å². The molecule has 0 aliphatic rings. The summed E-state index contributed by atoms with van der Waals surface area (Å²) in [7, 11) is 0. The number of nitrogens with one attached hydrogen (secondary N) is 2. The van der Waals surface area contributed by atoms with E-state index >= 15 is 0 Å². The number of nitrogens with zero attached hydrogens (tertiary/aromatic N) is 1. The quantitative estimate of drug-likeness (QED) is 0.645. The Morgan fingerprint density at radius 2 is 2.04 bits per heavy atom. The molecule has 0 aliphatic heterocycles. The van der Waals surface area contributed by atoms with E-state index in [0.29, 0.717) is 18.8 Å². The van der Waals surface area contributed by atoms with Crippen LogP contribution in [0.2, 0.25) is 0 Å². The maximum atomic E-state index is 12.3. The van der Waals surface area contributed by atoms with E-state index in [4.69, 9.17) is 4.74 Å². The van der Waals surface area contributed by atoms with Crippen LogP contribution >= 0.6 is 0 Å². The van der Waals surface area contributed by atoms with E-state index in [1.165, 1.54) is 0 Å². The fourth-order valence-corrected chi connectivity index (χ4v) is 2.74. The van der Waals surface area contributed by atoms with Gasteiger partial charge in [-0.3, -0.25) is 9.89 Å². The number of aromatic nitrogens is 2. The van der Waals surface area contributed by atoms with Crippen molar-refractivity contribution in [2.75, 3.05) is 13.2 Å². The van der Waals surface area contributed by atoms with Gasteiger partial charge in [-0.25, -0.2) is 0 Å². The van der Waals surface area contributed by atoms with Crippen LogP contribution in [0.5, 0.6) is 0 Å². The Bertz CT molecular complexity index is 843. The molecule has 1 atom stereocenters. The standard InChI is InChI=1S/C20H23N3O2/c1-14-9-10-18-17(13-14)19(23-22-18)20(24)21-11-6-12-25-15(2)16-7-4-3-5-8-16/h3-5,7-10,13,15H,6,11-12H2,1-2H3,(H,21,24)(H,22,23). The van der Waals surface area contributed by atoms with E-state index in [0.717, 1.165) is 28.5 Å². The minimum Gasteiger partial charge on any atom is -0.374 e. The summed E-state index contributed by atoms with van der Waals surface area (Å²) in [6.45, 7) is 5.18. The van der Waals surface area contributed by atoms with Crippen LogP contribution in [0.25, 0.3) is 10.9 Å². The second-order valence-corrected chi connectivity index (χ2v) is 6.15. The highest BCUT2D eigenvalue weighted by atomic mass is 16.5. The number of fused-ring (bicyclic) bond motifs is 1. The molecule has 0 fully saturated rings. The Labute approximate surface area is 147 Å². The van der Waals surface area contributed by atoms with Crippen LogP contribution in [0.4, 0.5) is 0 Å². The van der Waals surface area contributed by atoms with Gasteiger partial charge in [0, 0.05) is 18.5 Å². The second kappa shape index (κ2) is 7.94. The number of amides is 1. The lowest BCUT2D eigenvalue weighted by molar-refractivity contribution is 0.0634. The minimum absolute atomic E-state index is 0.0511. The molecule has 5 heteroatoms. The Hall–Kier alpha value is -2.66. The fourth-order valence-electron chi connectivity index (χ4n) is 2.74. The monoisotopic (exact) mass is 337 g/mol. The van der Waals surface area contributed by atoms with Gasteiger partial charge in [-0.05, 0) is 38.0 Å². The van der Waals surface area contributed by atoms with Crippen molar-refractivity contribution < 1.29 is 9.53 Å². The average molecular weight is 337 g/mol. The van der Waals surface area contributed by atoms with Crippen LogP contribution < -0.4 is 5.32 Å². The molecule has 3 aromatic rings. The van der Waals surface area contributed by atoms with E-state index in [2.05, 4.69) is 27.6 Å². The van der Waals surface area contributed by atoms with Gasteiger partial charge in [-0.15, -0.1) is 0 Å². The maximum Gasteiger partial charge on any atom is 0.272 e. The van der Waals surface area contributed by atoms with Gasteiger partial charge in [0.2, 0.25) is 0 Å². The van der Waals surface area contributed by atoms with E-state index in [1.807, 2.05) is 50.2 Å². The number of hydrogen-bond donors (Lipinski definition) is 2. The third-order valence-corrected chi connectivity index (χ3v) is 4.18. The van der Waals surface area contributed by atoms with Crippen molar-refractivity contribution in [2.45, 2.75) is 26.4 Å². The molecule has 0 aliphatic carbocycles. The summed E-state index contributed by atoms with van der Waals surface area (Å²) in [5, 5.41) is 10.8. The number of ether oxygens (including phenoxy) is 1. The van der Waals surface area contributed by atoms with Crippen LogP contribution in [0.15, 0.2) is 48.5 Å². The van der Waals surface area contributed by atoms with Gasteiger partial charge >= 0.3 is 0 Å². The molecule has 1 unspecified atom stereocenters. The topological polar surface area (TPSA) is 67.0 Å². The van der Waals surface area contributed by atoms with Gasteiger partial charge in [0.25, 0.3) is 5.91 Å². The normalized spacial score (nSPS) is 12.2. The number of carbonyl (C=O) groups is 1. The zero-order valence-corrected chi connectivity index (χ0v) is 14.6. The highest BCUT2D eigenvalue weighted by molar-refractivity contribution is 6.04. The van der Waals surface area contributed by atoms with Crippen molar-refractivity contribution >= 4 is 16.8 Å². The zero-order valence-electron chi connectivity index (χ0n) is 14.6. The minimum atomic E-state index is -0.159. The fraction of sp³-hybridized carbons (Fsp3) is 0.300. The molecule has 5 nitrogen and oxygen atoms in total. The summed E-state index contributed by atoms with van der Waals surface area (Å²) in [4.78, 5) is 12.3. The van der Waals surface area contributed by atoms with E-state index in [-0.39, 0.29) is 12.0 Å². The number of H-pyrrole nitrogens is 1. The summed E-state index contributed by atoms with van der Waals surface area (Å²) < 4.78 is 5.81. The lowest BCUT2D eigenvalue weighted by atomic mass is 10.1. The summed E-state index contributed by atoms with van der Waals surface area (Å²) in [5.41, 5.74) is 3.57. The average Bonchev–Trinajstić information content (AvgIpc) is 3.05. The number of hydrogen-bond acceptors (Lipinski definition) is 3. The lowest BCUT2D eigenvalue weighted by Crippen LogP contribution is -2.26. The van der Waals surface area contributed by atoms with Crippen LogP contribution in [-0.4, -0.2) is 29.3 Å². The number of aromatic amines is 1. The van der Waals surface area contributed by atoms with Crippen molar-refractivity contribution in [1.29, 1.82) is 0 Å². The number of carbonyl (C=O) groups excluding carboxylic acids is 1. The van der Waals surface area contributed by atoms with Gasteiger partial charge in [0.1, 0.15) is 0 Å². The van der Waals surface area contributed by atoms with Gasteiger partial charge in [-0.2, -0.15) is 5.10 Å². The van der Waals surface area contributed by atoms with Gasteiger partial charge in [-0.1, -0.05) is 42.0 Å². The molecule has 1 aromatic heterocycles. The largest absolute Gasteiger partial charge is 0.374 e. The molecule has 0 saturated heterocycles. The SMILES string of the molecule is Cc1ccc2[nH]nc(C(=O)NCCCOC(C)c3ccccc3)c2c1. The first-order chi connectivity index (χ1) is 12.1. The van der Waals surface area contributed by atoms with Crippen molar-refractivity contribution in [3.63, 3.8) is 0 Å². The van der Waals surface area contributed by atoms with Crippen molar-refractivity contribution in [3.05, 3.63) is 65.4 Å². The number of rotatable bonds is 7. The number of benzene rings is 2. The molecule has 2 aromatic carbocycles. The van der Waals surface area contributed by atoms with Gasteiger partial charge < -0.3 is 10.1 Å². The molecule has 1 amide bonds. The molecule has 130 valence electrons. The first kappa shape index (κ1) is 17.2. The van der Waals surface area contributed by atoms with E-state index in [9.17, 15) is 4.79 Å². The van der Waals surface area contributed by atoms with Gasteiger partial charge in [0.15, 0.2) is 5.69 Å². The second-order valence-electron chi connectivity index (χ2n) is 6.15. The highest BCUT2D eigenvalue weighted by Gasteiger charge is 2.13. The molecule has 0 spiro atoms.